The monoisotopic (exact) mass is 251 g/mol. The maximum absolute atomic E-state index is 11.8. The lowest BCUT2D eigenvalue weighted by atomic mass is 10.0. The summed E-state index contributed by atoms with van der Waals surface area (Å²) in [5, 5.41) is 3.10. The summed E-state index contributed by atoms with van der Waals surface area (Å²) in [4.78, 5) is 11.8. The molecule has 1 atom stereocenters. The molecule has 0 heterocycles. The van der Waals surface area contributed by atoms with Crippen LogP contribution in [-0.2, 0) is 9.53 Å². The number of nitrogens with one attached hydrogen (secondary N) is 1. The smallest absolute Gasteiger partial charge is 0.329 e. The molecule has 0 aliphatic carbocycles. The highest BCUT2D eigenvalue weighted by Gasteiger charge is 2.34. The average Bonchev–Trinajstić information content (AvgIpc) is 2.37. The number of rotatable bonds is 6. The summed E-state index contributed by atoms with van der Waals surface area (Å²) >= 11 is 0. The lowest BCUT2D eigenvalue weighted by Crippen LogP contribution is -2.54. The molecule has 4 heteroatoms. The summed E-state index contributed by atoms with van der Waals surface area (Å²) in [5.41, 5.74) is 0.215. The zero-order valence-electron chi connectivity index (χ0n) is 11.4. The summed E-state index contributed by atoms with van der Waals surface area (Å²) in [7, 11) is 1.38. The van der Waals surface area contributed by atoms with Crippen LogP contribution in [0.15, 0.2) is 24.3 Å². The quantitative estimate of drug-likeness (QED) is 0.785. The van der Waals surface area contributed by atoms with Gasteiger partial charge in [0.25, 0.3) is 0 Å². The molecule has 18 heavy (non-hydrogen) atoms. The van der Waals surface area contributed by atoms with Crippen molar-refractivity contribution in [3.63, 3.8) is 0 Å². The van der Waals surface area contributed by atoms with Crippen LogP contribution in [0.1, 0.15) is 19.4 Å². The highest BCUT2D eigenvalue weighted by atomic mass is 16.5. The third-order valence-electron chi connectivity index (χ3n) is 2.81. The molecule has 0 spiro atoms. The fourth-order valence-corrected chi connectivity index (χ4v) is 1.74. The zero-order valence-corrected chi connectivity index (χ0v) is 11.4. The largest absolute Gasteiger partial charge is 0.491 e. The van der Waals surface area contributed by atoms with Crippen LogP contribution in [0.2, 0.25) is 0 Å². The van der Waals surface area contributed by atoms with Gasteiger partial charge in [0.15, 0.2) is 0 Å². The molecule has 1 aromatic rings. The Hall–Kier alpha value is -1.55. The van der Waals surface area contributed by atoms with E-state index in [2.05, 4.69) is 5.32 Å². The topological polar surface area (TPSA) is 47.6 Å². The number of esters is 1. The molecule has 1 unspecified atom stereocenters. The molecular formula is C14H21NO3. The van der Waals surface area contributed by atoms with Crippen LogP contribution in [0.5, 0.6) is 5.75 Å². The molecule has 4 nitrogen and oxygen atoms in total. The standard InChI is InChI=1S/C14H21NO3/c1-5-15-14(3,13(16)17-4)10-18-12-9-7-6-8-11(12)2/h6-9,15H,5,10H2,1-4H3. The number of likely N-dealkylation sites (N-methyl/N-ethyl adjacent to an activating group) is 1. The Morgan fingerprint density at radius 2 is 2.06 bits per heavy atom. The number of carbonyl (C=O) groups excluding carboxylic acids is 1. The molecule has 0 amide bonds. The van der Waals surface area contributed by atoms with Gasteiger partial charge >= 0.3 is 5.97 Å². The van der Waals surface area contributed by atoms with E-state index in [-0.39, 0.29) is 12.6 Å². The van der Waals surface area contributed by atoms with E-state index in [4.69, 9.17) is 9.47 Å². The van der Waals surface area contributed by atoms with Crippen molar-refractivity contribution in [2.45, 2.75) is 26.3 Å². The van der Waals surface area contributed by atoms with Gasteiger partial charge in [0.2, 0.25) is 0 Å². The van der Waals surface area contributed by atoms with Crippen molar-refractivity contribution in [3.05, 3.63) is 29.8 Å². The molecule has 1 N–H and O–H groups in total. The van der Waals surface area contributed by atoms with Crippen molar-refractivity contribution in [1.82, 2.24) is 5.32 Å². The Morgan fingerprint density at radius 3 is 2.61 bits per heavy atom. The van der Waals surface area contributed by atoms with E-state index in [1.165, 1.54) is 7.11 Å². The Bertz CT molecular complexity index is 406. The number of hydrogen-bond acceptors (Lipinski definition) is 4. The van der Waals surface area contributed by atoms with Crippen molar-refractivity contribution in [2.75, 3.05) is 20.3 Å². The summed E-state index contributed by atoms with van der Waals surface area (Å²) < 4.78 is 10.5. The second-order valence-electron chi connectivity index (χ2n) is 4.41. The summed E-state index contributed by atoms with van der Waals surface area (Å²) in [6, 6.07) is 7.72. The average molecular weight is 251 g/mol. The van der Waals surface area contributed by atoms with Crippen LogP contribution < -0.4 is 10.1 Å². The van der Waals surface area contributed by atoms with Crippen LogP contribution in [0.3, 0.4) is 0 Å². The van der Waals surface area contributed by atoms with Crippen molar-refractivity contribution in [3.8, 4) is 5.75 Å². The fourth-order valence-electron chi connectivity index (χ4n) is 1.74. The number of para-hydroxylation sites is 1. The molecule has 0 bridgehead atoms. The van der Waals surface area contributed by atoms with Gasteiger partial charge in [0.05, 0.1) is 7.11 Å². The Labute approximate surface area is 108 Å². The van der Waals surface area contributed by atoms with Gasteiger partial charge in [-0.25, -0.2) is 4.79 Å². The Morgan fingerprint density at radius 1 is 1.39 bits per heavy atom. The van der Waals surface area contributed by atoms with E-state index in [0.29, 0.717) is 6.54 Å². The van der Waals surface area contributed by atoms with E-state index in [1.54, 1.807) is 6.92 Å². The number of methoxy groups -OCH3 is 1. The van der Waals surface area contributed by atoms with Crippen LogP contribution in [0.4, 0.5) is 0 Å². The van der Waals surface area contributed by atoms with E-state index in [9.17, 15) is 4.79 Å². The van der Waals surface area contributed by atoms with Gasteiger partial charge in [-0.05, 0) is 32.0 Å². The molecular weight excluding hydrogens is 230 g/mol. The minimum Gasteiger partial charge on any atom is -0.491 e. The highest BCUT2D eigenvalue weighted by Crippen LogP contribution is 2.18. The normalized spacial score (nSPS) is 13.8. The third kappa shape index (κ3) is 3.47. The highest BCUT2D eigenvalue weighted by molar-refractivity contribution is 5.80. The van der Waals surface area contributed by atoms with Crippen LogP contribution in [0, 0.1) is 6.92 Å². The Balaban J connectivity index is 2.74. The van der Waals surface area contributed by atoms with E-state index < -0.39 is 5.54 Å². The van der Waals surface area contributed by atoms with Gasteiger partial charge < -0.3 is 9.47 Å². The van der Waals surface area contributed by atoms with Gasteiger partial charge in [-0.2, -0.15) is 0 Å². The first-order valence-electron chi connectivity index (χ1n) is 6.05. The molecule has 0 fully saturated rings. The first-order chi connectivity index (χ1) is 8.53. The van der Waals surface area contributed by atoms with Gasteiger partial charge in [-0.15, -0.1) is 0 Å². The molecule has 100 valence electrons. The van der Waals surface area contributed by atoms with Crippen LogP contribution in [0.25, 0.3) is 0 Å². The SMILES string of the molecule is CCNC(C)(COc1ccccc1C)C(=O)OC. The van der Waals surface area contributed by atoms with Crippen LogP contribution >= 0.6 is 0 Å². The van der Waals surface area contributed by atoms with E-state index in [0.717, 1.165) is 11.3 Å². The van der Waals surface area contributed by atoms with E-state index >= 15 is 0 Å². The second-order valence-corrected chi connectivity index (χ2v) is 4.41. The lowest BCUT2D eigenvalue weighted by Gasteiger charge is -2.27. The molecule has 0 aliphatic rings. The second kappa shape index (κ2) is 6.40. The lowest BCUT2D eigenvalue weighted by molar-refractivity contribution is -0.149. The number of hydrogen-bond donors (Lipinski definition) is 1. The maximum Gasteiger partial charge on any atom is 0.329 e. The number of aryl methyl sites for hydroxylation is 1. The minimum atomic E-state index is -0.828. The van der Waals surface area contributed by atoms with Crippen molar-refractivity contribution in [1.29, 1.82) is 0 Å². The maximum atomic E-state index is 11.8. The summed E-state index contributed by atoms with van der Waals surface area (Å²) in [6.45, 7) is 6.59. The van der Waals surface area contributed by atoms with Gasteiger partial charge in [-0.3, -0.25) is 5.32 Å². The number of ether oxygens (including phenoxy) is 2. The molecule has 0 radical (unpaired) electrons. The summed E-state index contributed by atoms with van der Waals surface area (Å²) in [6.07, 6.45) is 0. The van der Waals surface area contributed by atoms with Gasteiger partial charge in [0.1, 0.15) is 17.9 Å². The van der Waals surface area contributed by atoms with Crippen molar-refractivity contribution >= 4 is 5.97 Å². The van der Waals surface area contributed by atoms with Crippen molar-refractivity contribution in [2.24, 2.45) is 0 Å². The van der Waals surface area contributed by atoms with Crippen LogP contribution in [-0.4, -0.2) is 31.8 Å². The number of carbonyl (C=O) groups is 1. The molecule has 0 saturated heterocycles. The molecule has 1 aromatic carbocycles. The Kier molecular flexibility index (Phi) is 5.16. The van der Waals surface area contributed by atoms with E-state index in [1.807, 2.05) is 38.1 Å². The number of benzene rings is 1. The zero-order chi connectivity index (χ0) is 13.6. The van der Waals surface area contributed by atoms with Crippen molar-refractivity contribution < 1.29 is 14.3 Å². The fraction of sp³-hybridized carbons (Fsp3) is 0.500. The third-order valence-corrected chi connectivity index (χ3v) is 2.81. The predicted octanol–water partition coefficient (Wildman–Crippen LogP) is 1.92. The molecule has 0 aliphatic heterocycles. The van der Waals surface area contributed by atoms with Gasteiger partial charge in [-0.1, -0.05) is 25.1 Å². The summed E-state index contributed by atoms with van der Waals surface area (Å²) in [5.74, 6) is 0.462. The first-order valence-corrected chi connectivity index (χ1v) is 6.05. The predicted molar refractivity (Wildman–Crippen MR) is 70.8 cm³/mol. The minimum absolute atomic E-state index is 0.234. The van der Waals surface area contributed by atoms with Gasteiger partial charge in [0, 0.05) is 0 Å². The molecule has 0 aromatic heterocycles. The first kappa shape index (κ1) is 14.5. The molecule has 1 rings (SSSR count). The molecule has 0 saturated carbocycles.